The number of nitrogens with two attached hydrogens (primary N) is 2. The molecule has 0 aliphatic carbocycles. The van der Waals surface area contributed by atoms with Crippen LogP contribution in [-0.4, -0.2) is 162 Å². The fourth-order valence-electron chi connectivity index (χ4n) is 8.40. The number of hydrogen-bond acceptors (Lipinski definition) is 22. The average Bonchev–Trinajstić information content (AvgIpc) is 4.15. The molecular weight excluding hydrogens is 964 g/mol. The number of anilines is 2. The Kier molecular flexibility index (Phi) is 15.7. The Morgan fingerprint density at radius 2 is 1.54 bits per heavy atom. The van der Waals surface area contributed by atoms with Crippen molar-refractivity contribution in [3.63, 3.8) is 0 Å². The highest BCUT2D eigenvalue weighted by Gasteiger charge is 2.51. The maximum absolute atomic E-state index is 13.5. The quantitative estimate of drug-likeness (QED) is 0.0242. The number of nitrogens with one attached hydrogen (secondary N) is 4. The number of aliphatic hydroxyl groups is 3. The monoisotopic (exact) mass is 1020 g/mol. The number of hydrogen-bond donors (Lipinski definition) is 11. The number of phosphoric ester groups is 2. The van der Waals surface area contributed by atoms with Gasteiger partial charge in [0.15, 0.2) is 35.1 Å². The molecule has 13 N–H and O–H groups in total. The molecule has 4 aromatic rings. The van der Waals surface area contributed by atoms with Gasteiger partial charge in [0, 0.05) is 24.0 Å². The van der Waals surface area contributed by atoms with E-state index in [1.807, 2.05) is 11.8 Å². The molecule has 4 aliphatic rings. The molecule has 4 saturated heterocycles. The second-order valence-electron chi connectivity index (χ2n) is 16.5. The number of amides is 3. The van der Waals surface area contributed by atoms with Crippen LogP contribution in [-0.2, 0) is 41.5 Å². The van der Waals surface area contributed by atoms with E-state index in [4.69, 9.17) is 39.0 Å². The number of unbranched alkanes of at least 4 members (excludes halogenated alkanes) is 4. The van der Waals surface area contributed by atoms with Crippen molar-refractivity contribution in [3.8, 4) is 0 Å². The molecule has 29 nitrogen and oxygen atoms in total. The molecule has 3 amide bonds. The molecule has 68 heavy (non-hydrogen) atoms. The Hall–Kier alpha value is -4.39. The number of aliphatic hydroxyl groups excluding tert-OH is 3. The topological polar surface area (TPSA) is 420 Å². The summed E-state index contributed by atoms with van der Waals surface area (Å²) in [6.45, 7) is -1.38. The maximum Gasteiger partial charge on any atom is 0.472 e. The van der Waals surface area contributed by atoms with Gasteiger partial charge in [0.25, 0.3) is 5.56 Å². The number of urea groups is 1. The van der Waals surface area contributed by atoms with Crippen molar-refractivity contribution in [2.45, 2.75) is 118 Å². The predicted molar refractivity (Wildman–Crippen MR) is 236 cm³/mol. The van der Waals surface area contributed by atoms with Crippen molar-refractivity contribution in [2.75, 3.05) is 43.6 Å². The van der Waals surface area contributed by atoms with E-state index >= 15 is 0 Å². The smallest absolute Gasteiger partial charge is 0.387 e. The summed E-state index contributed by atoms with van der Waals surface area (Å²) in [6.07, 6.45) is -4.07. The number of aromatic amines is 1. The van der Waals surface area contributed by atoms with Crippen LogP contribution in [0.3, 0.4) is 0 Å². The summed E-state index contributed by atoms with van der Waals surface area (Å²) in [4.78, 5) is 80.0. The zero-order valence-corrected chi connectivity index (χ0v) is 38.7. The molecule has 0 spiro atoms. The summed E-state index contributed by atoms with van der Waals surface area (Å²) in [6, 6.07) is 0.194. The largest absolute Gasteiger partial charge is 0.472 e. The van der Waals surface area contributed by atoms with E-state index in [0.717, 1.165) is 42.2 Å². The van der Waals surface area contributed by atoms with Crippen molar-refractivity contribution in [3.05, 3.63) is 29.3 Å². The van der Waals surface area contributed by atoms with E-state index in [1.165, 1.54) is 10.9 Å². The van der Waals surface area contributed by atoms with E-state index in [1.54, 1.807) is 0 Å². The zero-order chi connectivity index (χ0) is 48.3. The molecule has 0 aromatic carbocycles. The first-order valence-corrected chi connectivity index (χ1v) is 25.8. The van der Waals surface area contributed by atoms with Crippen molar-refractivity contribution >= 4 is 73.4 Å². The third-order valence-electron chi connectivity index (χ3n) is 11.8. The number of aromatic nitrogens is 8. The minimum Gasteiger partial charge on any atom is -0.387 e. The van der Waals surface area contributed by atoms with Crippen LogP contribution in [0.1, 0.15) is 63.8 Å². The summed E-state index contributed by atoms with van der Waals surface area (Å²) in [5.74, 6) is 0.596. The molecule has 13 atom stereocenters. The number of thioether (sulfide) groups is 1. The Balaban J connectivity index is 0.795. The summed E-state index contributed by atoms with van der Waals surface area (Å²) in [5, 5.41) is 42.2. The molecule has 0 saturated carbocycles. The normalized spacial score (nSPS) is 29.8. The summed E-state index contributed by atoms with van der Waals surface area (Å²) >= 11 is 1.84. The summed E-state index contributed by atoms with van der Waals surface area (Å²) in [7, 11) is -10.0. The molecule has 8 rings (SSSR count). The molecule has 0 radical (unpaired) electrons. The van der Waals surface area contributed by atoms with Crippen molar-refractivity contribution in [1.82, 2.24) is 55.0 Å². The van der Waals surface area contributed by atoms with Crippen LogP contribution in [0.25, 0.3) is 22.3 Å². The SMILES string of the molecule is Nc1nc2c(ncn2[C@@H]2O[C@H](COP(=O)(O)O[C@H]3[C@@H](O)[C@H](n4cnc5c(N)ncnc54)O[C@@H]3COP(=O)(O)OCCCCCCNC(=O)CCCC[C@@H]3SC[C@@H]4NC(=O)N[C@@H]43)[C@@H](O)[C@H]2O)c(=O)[nH]1. The van der Waals surface area contributed by atoms with Gasteiger partial charge in [-0.2, -0.15) is 16.7 Å². The van der Waals surface area contributed by atoms with E-state index in [9.17, 15) is 48.6 Å². The second-order valence-corrected chi connectivity index (χ2v) is 20.7. The molecule has 0 bridgehead atoms. The van der Waals surface area contributed by atoms with Gasteiger partial charge in [0.1, 0.15) is 48.5 Å². The molecule has 4 aromatic heterocycles. The van der Waals surface area contributed by atoms with Gasteiger partial charge in [-0.25, -0.2) is 33.9 Å². The number of nitrogen functional groups attached to an aromatic ring is 2. The van der Waals surface area contributed by atoms with Gasteiger partial charge in [0.2, 0.25) is 11.9 Å². The number of fused-ring (bicyclic) bond motifs is 3. The van der Waals surface area contributed by atoms with Crippen molar-refractivity contribution in [1.29, 1.82) is 0 Å². The van der Waals surface area contributed by atoms with Crippen molar-refractivity contribution < 1.29 is 71.4 Å². The minimum absolute atomic E-state index is 0.00139. The number of carbonyl (C=O) groups excluding carboxylic acids is 2. The molecule has 4 fully saturated rings. The summed E-state index contributed by atoms with van der Waals surface area (Å²) < 4.78 is 61.4. The van der Waals surface area contributed by atoms with Gasteiger partial charge in [0.05, 0.1) is 44.6 Å². The molecule has 32 heteroatoms. The fourth-order valence-corrected chi connectivity index (χ4v) is 11.7. The van der Waals surface area contributed by atoms with Crippen LogP contribution in [0.15, 0.2) is 23.8 Å². The van der Waals surface area contributed by atoms with Crippen LogP contribution in [0.2, 0.25) is 0 Å². The second kappa shape index (κ2) is 21.3. The number of imidazole rings is 2. The molecule has 8 heterocycles. The number of phosphoric acid groups is 2. The first-order chi connectivity index (χ1) is 32.5. The first-order valence-electron chi connectivity index (χ1n) is 21.7. The highest BCUT2D eigenvalue weighted by atomic mass is 32.2. The fraction of sp³-hybridized carbons (Fsp3) is 0.667. The number of rotatable bonds is 23. The van der Waals surface area contributed by atoms with Crippen LogP contribution in [0.5, 0.6) is 0 Å². The average molecular weight is 1020 g/mol. The predicted octanol–water partition coefficient (Wildman–Crippen LogP) is -0.960. The van der Waals surface area contributed by atoms with Gasteiger partial charge in [-0.3, -0.25) is 41.8 Å². The Morgan fingerprint density at radius 3 is 2.35 bits per heavy atom. The Morgan fingerprint density at radius 1 is 0.838 bits per heavy atom. The standard InChI is InChI=1S/C36H53N13O16P2S/c37-29-23-30(41-14-40-29)48(15-42-23)34-27(53)28(65-67(58,59)62-11-18-25(51)26(52)33(63-18)49-16-43-24-31(49)46-35(38)47-32(24)54)19(64-34)12-61-66(56,57)60-10-6-2-1-5-9-39-21(50)8-4-3-7-20-22-17(13-68-20)44-36(55)45-22/h14-20,22,25-28,33-34,51-53H,1-13H2,(H,39,50)(H,56,57)(H,58,59)(H2,37,40,41)(H2,44,45,55)(H3,38,46,47,54)/t17-,18+,19+,20-,22-,25+,26+,27+,28+,33+,34+/m0/s1. The third kappa shape index (κ3) is 11.4. The Bertz CT molecular complexity index is 2590. The number of nitrogens with zero attached hydrogens (tertiary/aromatic N) is 7. The third-order valence-corrected chi connectivity index (χ3v) is 15.3. The van der Waals surface area contributed by atoms with Gasteiger partial charge in [-0.05, 0) is 25.7 Å². The number of ether oxygens (including phenoxy) is 2. The molecular formula is C36H53N13O16P2S. The maximum atomic E-state index is 13.5. The van der Waals surface area contributed by atoms with Crippen LogP contribution >= 0.6 is 27.4 Å². The highest BCUT2D eigenvalue weighted by molar-refractivity contribution is 8.00. The lowest BCUT2D eigenvalue weighted by Gasteiger charge is -2.24. The highest BCUT2D eigenvalue weighted by Crippen LogP contribution is 2.51. The minimum atomic E-state index is -5.26. The lowest BCUT2D eigenvalue weighted by Crippen LogP contribution is -2.37. The van der Waals surface area contributed by atoms with Gasteiger partial charge in [-0.1, -0.05) is 19.3 Å². The van der Waals surface area contributed by atoms with E-state index in [2.05, 4.69) is 45.9 Å². The number of carbonyl (C=O) groups is 2. The lowest BCUT2D eigenvalue weighted by atomic mass is 10.0. The number of H-pyrrole nitrogens is 1. The summed E-state index contributed by atoms with van der Waals surface area (Å²) in [5.41, 5.74) is 10.9. The molecule has 374 valence electrons. The van der Waals surface area contributed by atoms with Gasteiger partial charge >= 0.3 is 21.7 Å². The van der Waals surface area contributed by atoms with Crippen LogP contribution in [0, 0.1) is 0 Å². The van der Waals surface area contributed by atoms with Crippen LogP contribution < -0.4 is 33.0 Å². The lowest BCUT2D eigenvalue weighted by molar-refractivity contribution is -0.121. The van der Waals surface area contributed by atoms with E-state index in [0.29, 0.717) is 43.9 Å². The zero-order valence-electron chi connectivity index (χ0n) is 36.1. The first kappa shape index (κ1) is 50.0. The van der Waals surface area contributed by atoms with E-state index in [-0.39, 0.29) is 64.7 Å². The van der Waals surface area contributed by atoms with E-state index < -0.39 is 83.5 Å². The van der Waals surface area contributed by atoms with Crippen molar-refractivity contribution in [2.24, 2.45) is 0 Å². The molecule has 4 aliphatic heterocycles. The molecule has 2 unspecified atom stereocenters. The van der Waals surface area contributed by atoms with Crippen LogP contribution in [0.4, 0.5) is 16.6 Å². The Labute approximate surface area is 389 Å². The van der Waals surface area contributed by atoms with Gasteiger partial charge < -0.3 is 62.0 Å². The van der Waals surface area contributed by atoms with Gasteiger partial charge in [-0.15, -0.1) is 0 Å².